The number of benzene rings is 1. The largest absolute Gasteiger partial charge is 0.326 e. The molecule has 0 saturated heterocycles. The lowest BCUT2D eigenvalue weighted by Gasteiger charge is -2.18. The SMILES string of the molecule is CC(C)(C)C(=O)Nc1ccc2[nH][nH]c2c1. The molecule has 0 aliphatic rings. The van der Waals surface area contributed by atoms with Crippen molar-refractivity contribution in [2.75, 3.05) is 5.32 Å². The second kappa shape index (κ2) is 3.15. The molecule has 2 rings (SSSR count). The summed E-state index contributed by atoms with van der Waals surface area (Å²) in [5.74, 6) is 0.0229. The molecule has 1 amide bonds. The standard InChI is InChI=1S/C11H15N3O/c1-11(2,3)10(15)12-7-4-5-8-9(6-7)14-13-8/h4-6,13-14H,1-3H3,(H,12,15). The molecule has 0 spiro atoms. The summed E-state index contributed by atoms with van der Waals surface area (Å²) in [6, 6.07) is 5.73. The van der Waals surface area contributed by atoms with Gasteiger partial charge in [-0.15, -0.1) is 0 Å². The molecule has 0 bridgehead atoms. The molecule has 1 aromatic carbocycles. The van der Waals surface area contributed by atoms with E-state index in [2.05, 4.69) is 15.5 Å². The summed E-state index contributed by atoms with van der Waals surface area (Å²) >= 11 is 0. The second-order valence-corrected chi connectivity index (χ2v) is 4.71. The number of fused-ring (bicyclic) bond motifs is 1. The molecule has 0 fully saturated rings. The van der Waals surface area contributed by atoms with Gasteiger partial charge in [-0.05, 0) is 18.2 Å². The van der Waals surface area contributed by atoms with Crippen molar-refractivity contribution in [3.8, 4) is 0 Å². The van der Waals surface area contributed by atoms with Gasteiger partial charge in [-0.25, -0.2) is 0 Å². The molecule has 0 atom stereocenters. The first kappa shape index (κ1) is 9.83. The van der Waals surface area contributed by atoms with Crippen molar-refractivity contribution < 1.29 is 4.79 Å². The Hall–Kier alpha value is -1.71. The van der Waals surface area contributed by atoms with Gasteiger partial charge in [0.1, 0.15) is 0 Å². The van der Waals surface area contributed by atoms with Gasteiger partial charge in [0.25, 0.3) is 0 Å². The predicted molar refractivity (Wildman–Crippen MR) is 60.7 cm³/mol. The van der Waals surface area contributed by atoms with Crippen molar-refractivity contribution in [1.82, 2.24) is 10.2 Å². The molecule has 4 heteroatoms. The average Bonchev–Trinajstić information content (AvgIpc) is 2.08. The van der Waals surface area contributed by atoms with Crippen molar-refractivity contribution in [2.45, 2.75) is 20.8 Å². The van der Waals surface area contributed by atoms with Gasteiger partial charge < -0.3 is 5.32 Å². The van der Waals surface area contributed by atoms with Gasteiger partial charge in [0, 0.05) is 11.1 Å². The molecule has 4 nitrogen and oxygen atoms in total. The minimum atomic E-state index is -0.366. The Morgan fingerprint density at radius 1 is 1.20 bits per heavy atom. The number of carbonyl (C=O) groups excluding carboxylic acids is 1. The van der Waals surface area contributed by atoms with Crippen molar-refractivity contribution in [1.29, 1.82) is 0 Å². The quantitative estimate of drug-likeness (QED) is 0.658. The van der Waals surface area contributed by atoms with E-state index in [4.69, 9.17) is 0 Å². The van der Waals surface area contributed by atoms with E-state index in [1.54, 1.807) is 0 Å². The first-order valence-electron chi connectivity index (χ1n) is 4.94. The molecular weight excluding hydrogens is 190 g/mol. The van der Waals surface area contributed by atoms with Crippen LogP contribution in [0.25, 0.3) is 11.0 Å². The van der Waals surface area contributed by atoms with E-state index in [1.165, 1.54) is 0 Å². The normalized spacial score (nSPS) is 11.9. The van der Waals surface area contributed by atoms with Crippen LogP contribution in [0.15, 0.2) is 18.2 Å². The van der Waals surface area contributed by atoms with Gasteiger partial charge in [-0.1, -0.05) is 20.8 Å². The van der Waals surface area contributed by atoms with E-state index in [0.717, 1.165) is 16.7 Å². The zero-order valence-electron chi connectivity index (χ0n) is 9.14. The number of hydrogen-bond acceptors (Lipinski definition) is 1. The number of nitrogens with one attached hydrogen (secondary N) is 3. The number of anilines is 1. The number of aromatic nitrogens is 2. The molecule has 15 heavy (non-hydrogen) atoms. The maximum Gasteiger partial charge on any atom is 0.229 e. The highest BCUT2D eigenvalue weighted by atomic mass is 16.2. The molecule has 0 unspecified atom stereocenters. The van der Waals surface area contributed by atoms with Crippen LogP contribution in [-0.2, 0) is 4.79 Å². The van der Waals surface area contributed by atoms with Crippen LogP contribution in [0.5, 0.6) is 0 Å². The van der Waals surface area contributed by atoms with Crippen LogP contribution in [0.3, 0.4) is 0 Å². The third kappa shape index (κ3) is 1.88. The third-order valence-corrected chi connectivity index (χ3v) is 2.29. The van der Waals surface area contributed by atoms with Gasteiger partial charge in [0.2, 0.25) is 5.91 Å². The van der Waals surface area contributed by atoms with Gasteiger partial charge in [0.15, 0.2) is 0 Å². The fourth-order valence-electron chi connectivity index (χ4n) is 1.23. The van der Waals surface area contributed by atoms with Gasteiger partial charge in [-0.2, -0.15) is 0 Å². The Bertz CT molecular complexity index is 487. The third-order valence-electron chi connectivity index (χ3n) is 2.29. The van der Waals surface area contributed by atoms with Crippen LogP contribution >= 0.6 is 0 Å². The van der Waals surface area contributed by atoms with Crippen molar-refractivity contribution >= 4 is 22.6 Å². The molecule has 0 aliphatic heterocycles. The Kier molecular flexibility index (Phi) is 2.07. The predicted octanol–water partition coefficient (Wildman–Crippen LogP) is 2.48. The van der Waals surface area contributed by atoms with Crippen LogP contribution in [0.4, 0.5) is 5.69 Å². The molecule has 0 saturated carbocycles. The molecule has 0 aliphatic carbocycles. The lowest BCUT2D eigenvalue weighted by Crippen LogP contribution is -2.27. The Morgan fingerprint density at radius 3 is 2.33 bits per heavy atom. The van der Waals surface area contributed by atoms with E-state index in [0.29, 0.717) is 0 Å². The first-order chi connectivity index (χ1) is 6.97. The number of hydrogen-bond donors (Lipinski definition) is 3. The zero-order chi connectivity index (χ0) is 11.1. The minimum Gasteiger partial charge on any atom is -0.326 e. The van der Waals surface area contributed by atoms with Crippen LogP contribution in [0, 0.1) is 5.41 Å². The fraction of sp³-hybridized carbons (Fsp3) is 0.364. The van der Waals surface area contributed by atoms with Crippen LogP contribution in [0.2, 0.25) is 0 Å². The maximum atomic E-state index is 11.7. The topological polar surface area (TPSA) is 60.7 Å². The van der Waals surface area contributed by atoms with Crippen molar-refractivity contribution in [3.05, 3.63) is 18.2 Å². The highest BCUT2D eigenvalue weighted by Crippen LogP contribution is 2.20. The zero-order valence-corrected chi connectivity index (χ0v) is 9.14. The van der Waals surface area contributed by atoms with Crippen LogP contribution in [0.1, 0.15) is 20.8 Å². The molecule has 1 heterocycles. The molecule has 3 N–H and O–H groups in total. The summed E-state index contributed by atoms with van der Waals surface area (Å²) in [5, 5.41) is 8.75. The molecular formula is C11H15N3O. The molecule has 2 aromatic rings. The highest BCUT2D eigenvalue weighted by Gasteiger charge is 2.21. The maximum absolute atomic E-state index is 11.7. The first-order valence-corrected chi connectivity index (χ1v) is 4.94. The number of rotatable bonds is 1. The van der Waals surface area contributed by atoms with Gasteiger partial charge in [-0.3, -0.25) is 15.0 Å². The number of H-pyrrole nitrogens is 2. The van der Waals surface area contributed by atoms with Crippen LogP contribution in [-0.4, -0.2) is 16.1 Å². The Balaban J connectivity index is 2.17. The van der Waals surface area contributed by atoms with E-state index in [1.807, 2.05) is 39.0 Å². The summed E-state index contributed by atoms with van der Waals surface area (Å²) in [6.45, 7) is 5.68. The molecule has 0 radical (unpaired) electrons. The highest BCUT2D eigenvalue weighted by molar-refractivity contribution is 5.96. The van der Waals surface area contributed by atoms with E-state index in [9.17, 15) is 4.79 Å². The molecule has 1 aromatic heterocycles. The number of carbonyl (C=O) groups is 1. The lowest BCUT2D eigenvalue weighted by atomic mass is 9.95. The van der Waals surface area contributed by atoms with E-state index in [-0.39, 0.29) is 11.3 Å². The summed E-state index contributed by atoms with van der Waals surface area (Å²) < 4.78 is 0. The second-order valence-electron chi connectivity index (χ2n) is 4.71. The van der Waals surface area contributed by atoms with Gasteiger partial charge >= 0.3 is 0 Å². The summed E-state index contributed by atoms with van der Waals surface area (Å²) in [7, 11) is 0. The van der Waals surface area contributed by atoms with Crippen LogP contribution < -0.4 is 5.32 Å². The van der Waals surface area contributed by atoms with Crippen molar-refractivity contribution in [3.63, 3.8) is 0 Å². The summed E-state index contributed by atoms with van der Waals surface area (Å²) in [6.07, 6.45) is 0. The Labute approximate surface area is 88.0 Å². The Morgan fingerprint density at radius 2 is 1.87 bits per heavy atom. The smallest absolute Gasteiger partial charge is 0.229 e. The lowest BCUT2D eigenvalue weighted by molar-refractivity contribution is -0.123. The van der Waals surface area contributed by atoms with Crippen molar-refractivity contribution in [2.24, 2.45) is 5.41 Å². The molecule has 80 valence electrons. The van der Waals surface area contributed by atoms with Gasteiger partial charge in [0.05, 0.1) is 11.0 Å². The minimum absolute atomic E-state index is 0.0229. The summed E-state index contributed by atoms with van der Waals surface area (Å²) in [4.78, 5) is 11.7. The van der Waals surface area contributed by atoms with E-state index < -0.39 is 0 Å². The average molecular weight is 205 g/mol. The number of aromatic amines is 2. The summed E-state index contributed by atoms with van der Waals surface area (Å²) in [5.41, 5.74) is 2.53. The fourth-order valence-corrected chi connectivity index (χ4v) is 1.23. The van der Waals surface area contributed by atoms with E-state index >= 15 is 0 Å². The monoisotopic (exact) mass is 205 g/mol. The number of amides is 1.